The van der Waals surface area contributed by atoms with E-state index in [1.54, 1.807) is 0 Å². The molecular weight excluding hydrogens is 248 g/mol. The third-order valence-electron chi connectivity index (χ3n) is 3.19. The van der Waals surface area contributed by atoms with Crippen molar-refractivity contribution in [1.29, 1.82) is 0 Å². The molecule has 1 aromatic rings. The summed E-state index contributed by atoms with van der Waals surface area (Å²) in [6, 6.07) is 8.05. The van der Waals surface area contributed by atoms with Crippen molar-refractivity contribution in [1.82, 2.24) is 10.2 Å². The third kappa shape index (κ3) is 2.78. The fourth-order valence-corrected chi connectivity index (χ4v) is 2.67. The second-order valence-electron chi connectivity index (χ2n) is 4.98. The van der Waals surface area contributed by atoms with E-state index >= 15 is 0 Å². The maximum atomic E-state index is 12.1. The second-order valence-corrected chi connectivity index (χ2v) is 5.38. The number of halogens is 1. The van der Waals surface area contributed by atoms with Crippen LogP contribution in [0.15, 0.2) is 24.3 Å². The predicted octanol–water partition coefficient (Wildman–Crippen LogP) is 3.59. The van der Waals surface area contributed by atoms with Gasteiger partial charge in [0.2, 0.25) is 0 Å². The van der Waals surface area contributed by atoms with Crippen LogP contribution < -0.4 is 5.32 Å². The molecule has 1 aliphatic rings. The average molecular weight is 267 g/mol. The highest BCUT2D eigenvalue weighted by atomic mass is 35.5. The van der Waals surface area contributed by atoms with Gasteiger partial charge in [-0.1, -0.05) is 29.8 Å². The molecule has 1 heterocycles. The quantitative estimate of drug-likeness (QED) is 0.872. The molecule has 1 atom stereocenters. The smallest absolute Gasteiger partial charge is 0.318 e. The lowest BCUT2D eigenvalue weighted by atomic mass is 10.0. The first-order chi connectivity index (χ1) is 8.59. The molecule has 18 heavy (non-hydrogen) atoms. The highest BCUT2D eigenvalue weighted by Crippen LogP contribution is 2.35. The Hall–Kier alpha value is -1.22. The Bertz CT molecular complexity index is 434. The van der Waals surface area contributed by atoms with Gasteiger partial charge in [0.05, 0.1) is 6.04 Å². The molecule has 2 rings (SSSR count). The minimum atomic E-state index is 0.00687. The third-order valence-corrected chi connectivity index (χ3v) is 3.53. The monoisotopic (exact) mass is 266 g/mol. The summed E-state index contributed by atoms with van der Waals surface area (Å²) < 4.78 is 0. The molecule has 0 spiro atoms. The van der Waals surface area contributed by atoms with Crippen LogP contribution in [0.4, 0.5) is 4.79 Å². The van der Waals surface area contributed by atoms with Crippen LogP contribution >= 0.6 is 11.6 Å². The highest BCUT2D eigenvalue weighted by Gasteiger charge is 2.31. The van der Waals surface area contributed by atoms with Crippen LogP contribution in [0.2, 0.25) is 5.02 Å². The number of nitrogens with zero attached hydrogens (tertiary/aromatic N) is 1. The van der Waals surface area contributed by atoms with E-state index in [0.29, 0.717) is 0 Å². The number of benzene rings is 1. The van der Waals surface area contributed by atoms with E-state index < -0.39 is 0 Å². The standard InChI is InChI=1S/C14H19ClN2O/c1-10(2)16-14(18)17-9-5-8-13(17)11-6-3-4-7-12(11)15/h3-4,6-7,10,13H,5,8-9H2,1-2H3,(H,16,18). The summed E-state index contributed by atoms with van der Waals surface area (Å²) in [5.41, 5.74) is 1.05. The van der Waals surface area contributed by atoms with E-state index in [0.717, 1.165) is 30.0 Å². The van der Waals surface area contributed by atoms with E-state index in [4.69, 9.17) is 11.6 Å². The molecule has 4 heteroatoms. The summed E-state index contributed by atoms with van der Waals surface area (Å²) in [4.78, 5) is 14.0. The molecule has 3 nitrogen and oxygen atoms in total. The molecule has 1 saturated heterocycles. The fourth-order valence-electron chi connectivity index (χ4n) is 2.41. The number of carbonyl (C=O) groups excluding carboxylic acids is 1. The van der Waals surface area contributed by atoms with Crippen molar-refractivity contribution in [2.24, 2.45) is 0 Å². The molecule has 0 aliphatic carbocycles. The Kier molecular flexibility index (Phi) is 4.12. The minimum absolute atomic E-state index is 0.00687. The molecule has 0 saturated carbocycles. The van der Waals surface area contributed by atoms with Gasteiger partial charge in [-0.15, -0.1) is 0 Å². The number of urea groups is 1. The lowest BCUT2D eigenvalue weighted by Crippen LogP contribution is -2.42. The highest BCUT2D eigenvalue weighted by molar-refractivity contribution is 6.31. The molecule has 1 aliphatic heterocycles. The summed E-state index contributed by atoms with van der Waals surface area (Å²) in [7, 11) is 0. The number of hydrogen-bond donors (Lipinski definition) is 1. The molecule has 98 valence electrons. The predicted molar refractivity (Wildman–Crippen MR) is 73.8 cm³/mol. The zero-order valence-corrected chi connectivity index (χ0v) is 11.6. The van der Waals surface area contributed by atoms with Gasteiger partial charge in [-0.05, 0) is 38.3 Å². The van der Waals surface area contributed by atoms with Crippen molar-refractivity contribution in [3.63, 3.8) is 0 Å². The van der Waals surface area contributed by atoms with E-state index in [1.807, 2.05) is 43.0 Å². The van der Waals surface area contributed by atoms with Gasteiger partial charge in [0.25, 0.3) is 0 Å². The molecule has 2 amide bonds. The maximum absolute atomic E-state index is 12.1. The molecular formula is C14H19ClN2O. The normalized spacial score (nSPS) is 19.3. The number of hydrogen-bond acceptors (Lipinski definition) is 1. The van der Waals surface area contributed by atoms with Gasteiger partial charge in [0.15, 0.2) is 0 Å². The van der Waals surface area contributed by atoms with Crippen molar-refractivity contribution in [2.75, 3.05) is 6.54 Å². The number of amides is 2. The van der Waals surface area contributed by atoms with Crippen LogP contribution in [0, 0.1) is 0 Å². The van der Waals surface area contributed by atoms with Crippen LogP contribution in [0.25, 0.3) is 0 Å². The van der Waals surface area contributed by atoms with Gasteiger partial charge in [-0.2, -0.15) is 0 Å². The Morgan fingerprint density at radius 1 is 1.44 bits per heavy atom. The van der Waals surface area contributed by atoms with Crippen LogP contribution in [0.3, 0.4) is 0 Å². The first-order valence-corrected chi connectivity index (χ1v) is 6.79. The van der Waals surface area contributed by atoms with Gasteiger partial charge < -0.3 is 10.2 Å². The molecule has 1 unspecified atom stereocenters. The van der Waals surface area contributed by atoms with Crippen LogP contribution in [-0.4, -0.2) is 23.5 Å². The second kappa shape index (κ2) is 5.61. The van der Waals surface area contributed by atoms with Crippen LogP contribution in [0.5, 0.6) is 0 Å². The van der Waals surface area contributed by atoms with Crippen LogP contribution in [0.1, 0.15) is 38.3 Å². The summed E-state index contributed by atoms with van der Waals surface area (Å²) >= 11 is 6.22. The van der Waals surface area contributed by atoms with Crippen molar-refractivity contribution < 1.29 is 4.79 Å². The summed E-state index contributed by atoms with van der Waals surface area (Å²) in [5, 5.41) is 3.69. The topological polar surface area (TPSA) is 32.3 Å². The van der Waals surface area contributed by atoms with E-state index in [9.17, 15) is 4.79 Å². The molecule has 0 aromatic heterocycles. The summed E-state index contributed by atoms with van der Waals surface area (Å²) in [5.74, 6) is 0. The van der Waals surface area contributed by atoms with Gasteiger partial charge in [0, 0.05) is 17.6 Å². The molecule has 1 aromatic carbocycles. The SMILES string of the molecule is CC(C)NC(=O)N1CCCC1c1ccccc1Cl. The van der Waals surface area contributed by atoms with Gasteiger partial charge in [0.1, 0.15) is 0 Å². The zero-order chi connectivity index (χ0) is 13.1. The molecule has 1 fully saturated rings. The average Bonchev–Trinajstić information content (AvgIpc) is 2.77. The number of rotatable bonds is 2. The number of carbonyl (C=O) groups is 1. The molecule has 0 bridgehead atoms. The van der Waals surface area contributed by atoms with Crippen molar-refractivity contribution in [3.05, 3.63) is 34.9 Å². The Morgan fingerprint density at radius 3 is 2.83 bits per heavy atom. The largest absolute Gasteiger partial charge is 0.336 e. The lowest BCUT2D eigenvalue weighted by Gasteiger charge is -2.27. The zero-order valence-electron chi connectivity index (χ0n) is 10.8. The van der Waals surface area contributed by atoms with E-state index in [-0.39, 0.29) is 18.1 Å². The number of nitrogens with one attached hydrogen (secondary N) is 1. The minimum Gasteiger partial charge on any atom is -0.336 e. The fraction of sp³-hybridized carbons (Fsp3) is 0.500. The lowest BCUT2D eigenvalue weighted by molar-refractivity contribution is 0.190. The Morgan fingerprint density at radius 2 is 2.17 bits per heavy atom. The van der Waals surface area contributed by atoms with Gasteiger partial charge in [-0.3, -0.25) is 0 Å². The molecule has 1 N–H and O–H groups in total. The summed E-state index contributed by atoms with van der Waals surface area (Å²) in [6.07, 6.45) is 2.01. The van der Waals surface area contributed by atoms with Gasteiger partial charge in [-0.25, -0.2) is 4.79 Å². The Balaban J connectivity index is 2.18. The van der Waals surface area contributed by atoms with E-state index in [1.165, 1.54) is 0 Å². The number of likely N-dealkylation sites (tertiary alicyclic amines) is 1. The van der Waals surface area contributed by atoms with E-state index in [2.05, 4.69) is 5.32 Å². The van der Waals surface area contributed by atoms with Crippen molar-refractivity contribution >= 4 is 17.6 Å². The summed E-state index contributed by atoms with van der Waals surface area (Å²) in [6.45, 7) is 4.74. The Labute approximate surface area is 113 Å². The molecule has 0 radical (unpaired) electrons. The van der Waals surface area contributed by atoms with Crippen LogP contribution in [-0.2, 0) is 0 Å². The maximum Gasteiger partial charge on any atom is 0.318 e. The first-order valence-electron chi connectivity index (χ1n) is 6.41. The van der Waals surface area contributed by atoms with Gasteiger partial charge >= 0.3 is 6.03 Å². The van der Waals surface area contributed by atoms with Crippen molar-refractivity contribution in [2.45, 2.75) is 38.8 Å². The first kappa shape index (κ1) is 13.2. The van der Waals surface area contributed by atoms with Crippen molar-refractivity contribution in [3.8, 4) is 0 Å².